The summed E-state index contributed by atoms with van der Waals surface area (Å²) in [6.45, 7) is 1.70. The van der Waals surface area contributed by atoms with Crippen LogP contribution in [0, 0.1) is 0 Å². The fourth-order valence-corrected chi connectivity index (χ4v) is 4.82. The number of nitrogens with one attached hydrogen (secondary N) is 3. The van der Waals surface area contributed by atoms with E-state index in [9.17, 15) is 18.0 Å². The summed E-state index contributed by atoms with van der Waals surface area (Å²) in [6, 6.07) is 15.4. The summed E-state index contributed by atoms with van der Waals surface area (Å²) in [4.78, 5) is 23.5. The Morgan fingerprint density at radius 2 is 1.74 bits per heavy atom. The first-order valence-electron chi connectivity index (χ1n) is 9.59. The van der Waals surface area contributed by atoms with Gasteiger partial charge in [-0.15, -0.1) is 0 Å². The second-order valence-electron chi connectivity index (χ2n) is 7.25. The number of anilines is 2. The summed E-state index contributed by atoms with van der Waals surface area (Å²) < 4.78 is 27.2. The van der Waals surface area contributed by atoms with Crippen LogP contribution in [0.4, 0.5) is 11.5 Å². The van der Waals surface area contributed by atoms with Gasteiger partial charge in [0, 0.05) is 30.3 Å². The molecule has 0 radical (unpaired) electrons. The van der Waals surface area contributed by atoms with Gasteiger partial charge in [0.05, 0.1) is 18.0 Å². The zero-order chi connectivity index (χ0) is 22.0. The summed E-state index contributed by atoms with van der Waals surface area (Å²) in [7, 11) is -3.60. The van der Waals surface area contributed by atoms with E-state index in [0.29, 0.717) is 33.9 Å². The molecule has 3 aromatic rings. The Morgan fingerprint density at radius 3 is 2.42 bits per heavy atom. The molecule has 3 N–H and O–H groups in total. The maximum Gasteiger partial charge on any atom is 0.256 e. The van der Waals surface area contributed by atoms with Crippen molar-refractivity contribution in [2.75, 3.05) is 10.6 Å². The lowest BCUT2D eigenvalue weighted by atomic mass is 10.2. The molecule has 0 saturated carbocycles. The molecular formula is C21H21N5O4S. The van der Waals surface area contributed by atoms with Gasteiger partial charge in [0.1, 0.15) is 0 Å². The highest BCUT2D eigenvalue weighted by Gasteiger charge is 2.33. The van der Waals surface area contributed by atoms with Gasteiger partial charge in [-0.2, -0.15) is 9.40 Å². The molecule has 2 heterocycles. The summed E-state index contributed by atoms with van der Waals surface area (Å²) in [6.07, 6.45) is 0. The number of carbonyl (C=O) groups is 2. The van der Waals surface area contributed by atoms with Crippen molar-refractivity contribution < 1.29 is 18.0 Å². The van der Waals surface area contributed by atoms with E-state index in [1.165, 1.54) is 11.2 Å². The van der Waals surface area contributed by atoms with Gasteiger partial charge in [-0.3, -0.25) is 14.7 Å². The quantitative estimate of drug-likeness (QED) is 0.544. The van der Waals surface area contributed by atoms with E-state index in [4.69, 9.17) is 0 Å². The van der Waals surface area contributed by atoms with Gasteiger partial charge >= 0.3 is 0 Å². The number of aromatic amines is 1. The van der Waals surface area contributed by atoms with E-state index in [2.05, 4.69) is 20.8 Å². The molecule has 1 aliphatic rings. The van der Waals surface area contributed by atoms with E-state index < -0.39 is 10.0 Å². The highest BCUT2D eigenvalue weighted by molar-refractivity contribution is 7.88. The van der Waals surface area contributed by atoms with Gasteiger partial charge in [-0.1, -0.05) is 30.3 Å². The molecular weight excluding hydrogens is 418 g/mol. The number of rotatable bonds is 6. The van der Waals surface area contributed by atoms with E-state index in [1.807, 2.05) is 6.07 Å². The molecule has 4 rings (SSSR count). The topological polar surface area (TPSA) is 124 Å². The maximum absolute atomic E-state index is 12.9. The normalized spacial score (nSPS) is 13.6. The first kappa shape index (κ1) is 20.8. The highest BCUT2D eigenvalue weighted by Crippen LogP contribution is 2.30. The van der Waals surface area contributed by atoms with Crippen molar-refractivity contribution in [2.24, 2.45) is 0 Å². The third-order valence-corrected chi connectivity index (χ3v) is 6.65. The number of carbonyl (C=O) groups excluding carboxylic acids is 2. The largest absolute Gasteiger partial charge is 0.326 e. The van der Waals surface area contributed by atoms with Crippen LogP contribution in [0.5, 0.6) is 0 Å². The smallest absolute Gasteiger partial charge is 0.256 e. The minimum absolute atomic E-state index is 0.128. The fraction of sp³-hybridized carbons (Fsp3) is 0.190. The number of H-pyrrole nitrogens is 1. The van der Waals surface area contributed by atoms with Crippen molar-refractivity contribution in [3.05, 3.63) is 77.0 Å². The number of amides is 2. The number of nitrogens with zero attached hydrogens (tertiary/aromatic N) is 2. The van der Waals surface area contributed by atoms with Crippen LogP contribution in [0.2, 0.25) is 0 Å². The van der Waals surface area contributed by atoms with E-state index in [1.54, 1.807) is 48.5 Å². The number of sulfonamides is 1. The molecule has 9 nitrogen and oxygen atoms in total. The van der Waals surface area contributed by atoms with Crippen molar-refractivity contribution in [1.82, 2.24) is 14.5 Å². The number of hydrogen-bond acceptors (Lipinski definition) is 5. The summed E-state index contributed by atoms with van der Waals surface area (Å²) in [5.41, 5.74) is 3.03. The maximum atomic E-state index is 12.9. The summed E-state index contributed by atoms with van der Waals surface area (Å²) >= 11 is 0. The average molecular weight is 439 g/mol. The van der Waals surface area contributed by atoms with Gasteiger partial charge in [-0.05, 0) is 29.8 Å². The molecule has 1 aromatic heterocycles. The Morgan fingerprint density at radius 1 is 1.03 bits per heavy atom. The SMILES string of the molecule is CC(=O)Nc1ccc(CS(=O)(=O)N2Cc3[nH]nc(NC(=O)c4ccccc4)c3C2)cc1. The summed E-state index contributed by atoms with van der Waals surface area (Å²) in [5, 5.41) is 12.3. The van der Waals surface area contributed by atoms with E-state index >= 15 is 0 Å². The second-order valence-corrected chi connectivity index (χ2v) is 9.22. The molecule has 0 bridgehead atoms. The average Bonchev–Trinajstić information content (AvgIpc) is 3.32. The van der Waals surface area contributed by atoms with Crippen LogP contribution in [0.15, 0.2) is 54.6 Å². The van der Waals surface area contributed by atoms with Gasteiger partial charge in [0.2, 0.25) is 15.9 Å². The molecule has 1 aliphatic heterocycles. The van der Waals surface area contributed by atoms with Gasteiger partial charge in [-0.25, -0.2) is 8.42 Å². The number of hydrogen-bond donors (Lipinski definition) is 3. The number of benzene rings is 2. The highest BCUT2D eigenvalue weighted by atomic mass is 32.2. The molecule has 31 heavy (non-hydrogen) atoms. The molecule has 0 fully saturated rings. The van der Waals surface area contributed by atoms with Crippen LogP contribution >= 0.6 is 0 Å². The van der Waals surface area contributed by atoms with Crippen LogP contribution in [-0.2, 0) is 33.7 Å². The van der Waals surface area contributed by atoms with Crippen molar-refractivity contribution in [1.29, 1.82) is 0 Å². The molecule has 0 atom stereocenters. The molecule has 0 spiro atoms. The van der Waals surface area contributed by atoms with Crippen LogP contribution in [0.1, 0.15) is 34.1 Å². The predicted octanol–water partition coefficient (Wildman–Crippen LogP) is 2.47. The van der Waals surface area contributed by atoms with Crippen LogP contribution < -0.4 is 10.6 Å². The number of fused-ring (bicyclic) bond motifs is 1. The zero-order valence-electron chi connectivity index (χ0n) is 16.8. The lowest BCUT2D eigenvalue weighted by Gasteiger charge is -2.16. The molecule has 0 aliphatic carbocycles. The molecule has 0 unspecified atom stereocenters. The van der Waals surface area contributed by atoms with Crippen molar-refractivity contribution in [2.45, 2.75) is 25.8 Å². The standard InChI is InChI=1S/C21H21N5O4S/c1-14(27)22-17-9-7-15(8-10-17)13-31(29,30)26-11-18-19(12-26)24-25-20(18)23-21(28)16-5-3-2-4-6-16/h2-10H,11-13H2,1H3,(H,22,27)(H2,23,24,25,28). The van der Waals surface area contributed by atoms with Crippen LogP contribution in [0.25, 0.3) is 0 Å². The Labute approximate surface area is 179 Å². The first-order valence-corrected chi connectivity index (χ1v) is 11.2. The Kier molecular flexibility index (Phi) is 5.57. The lowest BCUT2D eigenvalue weighted by molar-refractivity contribution is -0.114. The van der Waals surface area contributed by atoms with Crippen LogP contribution in [0.3, 0.4) is 0 Å². The van der Waals surface area contributed by atoms with Crippen molar-refractivity contribution in [3.8, 4) is 0 Å². The van der Waals surface area contributed by atoms with Crippen LogP contribution in [-0.4, -0.2) is 34.7 Å². The third-order valence-electron chi connectivity index (χ3n) is 4.91. The molecule has 2 aromatic carbocycles. The Bertz CT molecular complexity index is 1220. The third kappa shape index (κ3) is 4.65. The summed E-state index contributed by atoms with van der Waals surface area (Å²) in [5.74, 6) is -0.337. The minimum atomic E-state index is -3.60. The van der Waals surface area contributed by atoms with Gasteiger partial charge in [0.25, 0.3) is 5.91 Å². The van der Waals surface area contributed by atoms with Crippen molar-refractivity contribution in [3.63, 3.8) is 0 Å². The molecule has 2 amide bonds. The van der Waals surface area contributed by atoms with E-state index in [0.717, 1.165) is 0 Å². The van der Waals surface area contributed by atoms with Crippen molar-refractivity contribution >= 4 is 33.3 Å². The lowest BCUT2D eigenvalue weighted by Crippen LogP contribution is -2.27. The van der Waals surface area contributed by atoms with Gasteiger partial charge in [0.15, 0.2) is 5.82 Å². The number of aromatic nitrogens is 2. The zero-order valence-corrected chi connectivity index (χ0v) is 17.6. The molecule has 0 saturated heterocycles. The monoisotopic (exact) mass is 439 g/mol. The van der Waals surface area contributed by atoms with Gasteiger partial charge < -0.3 is 10.6 Å². The predicted molar refractivity (Wildman–Crippen MR) is 116 cm³/mol. The Balaban J connectivity index is 1.44. The van der Waals surface area contributed by atoms with E-state index in [-0.39, 0.29) is 30.7 Å². The fourth-order valence-electron chi connectivity index (χ4n) is 3.37. The first-order chi connectivity index (χ1) is 14.8. The molecule has 10 heteroatoms. The molecule has 160 valence electrons. The Hall–Kier alpha value is -3.50. The minimum Gasteiger partial charge on any atom is -0.326 e. The second kappa shape index (κ2) is 8.32.